The zero-order chi connectivity index (χ0) is 21.9. The van der Waals surface area contributed by atoms with E-state index in [1.807, 2.05) is 13.8 Å². The zero-order valence-electron chi connectivity index (χ0n) is 16.8. The Morgan fingerprint density at radius 2 is 1.90 bits per heavy atom. The fraction of sp³-hybridized carbons (Fsp3) is 0.136. The Morgan fingerprint density at radius 3 is 2.68 bits per heavy atom. The number of aromatic nitrogens is 5. The first kappa shape index (κ1) is 19.3. The molecule has 7 nitrogen and oxygen atoms in total. The summed E-state index contributed by atoms with van der Waals surface area (Å²) in [4.78, 5) is 26.3. The van der Waals surface area contributed by atoms with Crippen LogP contribution in [-0.2, 0) is 0 Å². The molecule has 0 aliphatic rings. The Balaban J connectivity index is 1.88. The van der Waals surface area contributed by atoms with Crippen molar-refractivity contribution in [1.29, 1.82) is 0 Å². The second kappa shape index (κ2) is 6.95. The Hall–Kier alpha value is -3.65. The Bertz CT molecular complexity index is 1570. The number of pyridine rings is 2. The molecule has 0 radical (unpaired) electrons. The Morgan fingerprint density at radius 1 is 1.10 bits per heavy atom. The third-order valence-electron chi connectivity index (χ3n) is 5.06. The number of hydrogen-bond acceptors (Lipinski definition) is 6. The van der Waals surface area contributed by atoms with Crippen LogP contribution in [0.4, 0.5) is 4.39 Å². The highest BCUT2D eigenvalue weighted by Crippen LogP contribution is 2.26. The smallest absolute Gasteiger partial charge is 0.252 e. The minimum Gasteiger partial charge on any atom is -0.434 e. The normalized spacial score (nSPS) is 11.5. The lowest BCUT2D eigenvalue weighted by molar-refractivity contribution is 0.602. The van der Waals surface area contributed by atoms with Crippen molar-refractivity contribution in [2.24, 2.45) is 0 Å². The Kier molecular flexibility index (Phi) is 4.33. The molecule has 154 valence electrons. The molecule has 0 aliphatic carbocycles. The third kappa shape index (κ3) is 3.16. The van der Waals surface area contributed by atoms with E-state index in [-0.39, 0.29) is 27.8 Å². The summed E-state index contributed by atoms with van der Waals surface area (Å²) in [6.45, 7) is 5.48. The molecule has 0 amide bonds. The van der Waals surface area contributed by atoms with Gasteiger partial charge in [-0.05, 0) is 50.6 Å². The van der Waals surface area contributed by atoms with Gasteiger partial charge in [-0.15, -0.1) is 0 Å². The molecule has 5 rings (SSSR count). The van der Waals surface area contributed by atoms with Gasteiger partial charge in [0, 0.05) is 22.5 Å². The molecule has 4 heterocycles. The number of rotatable bonds is 2. The number of benzene rings is 1. The molecular formula is C22H15ClFN5O2. The van der Waals surface area contributed by atoms with Gasteiger partial charge in [0.1, 0.15) is 22.5 Å². The largest absolute Gasteiger partial charge is 0.434 e. The molecule has 5 aromatic rings. The van der Waals surface area contributed by atoms with E-state index in [1.54, 1.807) is 31.3 Å². The summed E-state index contributed by atoms with van der Waals surface area (Å²) >= 11 is 5.92. The molecule has 0 unspecified atom stereocenters. The average molecular weight is 436 g/mol. The van der Waals surface area contributed by atoms with Gasteiger partial charge in [-0.3, -0.25) is 9.78 Å². The topological polar surface area (TPSA) is 86.7 Å². The van der Waals surface area contributed by atoms with Gasteiger partial charge < -0.3 is 4.42 Å². The van der Waals surface area contributed by atoms with Crippen LogP contribution in [0.2, 0.25) is 5.02 Å². The first-order chi connectivity index (χ1) is 14.8. The highest BCUT2D eigenvalue weighted by molar-refractivity contribution is 6.30. The van der Waals surface area contributed by atoms with Crippen LogP contribution in [-0.4, -0.2) is 24.7 Å². The van der Waals surface area contributed by atoms with E-state index in [0.29, 0.717) is 22.3 Å². The van der Waals surface area contributed by atoms with Crippen LogP contribution in [0.3, 0.4) is 0 Å². The summed E-state index contributed by atoms with van der Waals surface area (Å²) in [5.74, 6) is -0.580. The van der Waals surface area contributed by atoms with Crippen molar-refractivity contribution in [1.82, 2.24) is 24.7 Å². The van der Waals surface area contributed by atoms with Crippen molar-refractivity contribution in [3.63, 3.8) is 0 Å². The SMILES string of the molecule is Cc1cc2oc(-c3nn(-c4ccc(Cl)cc4F)c4cc(C)c(C)nc4c3=O)nc2cn1. The van der Waals surface area contributed by atoms with Gasteiger partial charge in [0.25, 0.3) is 5.89 Å². The van der Waals surface area contributed by atoms with Crippen molar-refractivity contribution in [3.8, 4) is 17.3 Å². The van der Waals surface area contributed by atoms with E-state index in [2.05, 4.69) is 20.1 Å². The van der Waals surface area contributed by atoms with Crippen molar-refractivity contribution in [2.75, 3.05) is 0 Å². The first-order valence-electron chi connectivity index (χ1n) is 9.42. The molecule has 0 spiro atoms. The number of fused-ring (bicyclic) bond motifs is 2. The van der Waals surface area contributed by atoms with Gasteiger partial charge in [-0.25, -0.2) is 19.0 Å². The molecule has 9 heteroatoms. The fourth-order valence-corrected chi connectivity index (χ4v) is 3.50. The summed E-state index contributed by atoms with van der Waals surface area (Å²) in [5.41, 5.74) is 3.32. The summed E-state index contributed by atoms with van der Waals surface area (Å²) in [5, 5.41) is 4.67. The predicted octanol–water partition coefficient (Wildman–Crippen LogP) is 4.70. The van der Waals surface area contributed by atoms with Gasteiger partial charge >= 0.3 is 0 Å². The lowest BCUT2D eigenvalue weighted by atomic mass is 10.1. The monoisotopic (exact) mass is 435 g/mol. The zero-order valence-corrected chi connectivity index (χ0v) is 17.5. The molecule has 0 saturated carbocycles. The van der Waals surface area contributed by atoms with Gasteiger partial charge in [-0.1, -0.05) is 11.6 Å². The first-order valence-corrected chi connectivity index (χ1v) is 9.80. The third-order valence-corrected chi connectivity index (χ3v) is 5.29. The number of aryl methyl sites for hydroxylation is 3. The van der Waals surface area contributed by atoms with Gasteiger partial charge in [-0.2, -0.15) is 5.10 Å². The standard InChI is InChI=1S/C22H15ClFN5O2/c1-10-6-17-19(26-12(10)3)21(30)20(22-27-15-9-25-11(2)7-18(15)31-22)28-29(17)16-5-4-13(23)8-14(16)24/h4-9H,1-3H3. The highest BCUT2D eigenvalue weighted by atomic mass is 35.5. The molecule has 0 fully saturated rings. The summed E-state index contributed by atoms with van der Waals surface area (Å²) < 4.78 is 21.9. The summed E-state index contributed by atoms with van der Waals surface area (Å²) in [6, 6.07) is 7.70. The molecule has 0 N–H and O–H groups in total. The van der Waals surface area contributed by atoms with Crippen molar-refractivity contribution >= 4 is 33.7 Å². The number of nitrogens with zero attached hydrogens (tertiary/aromatic N) is 5. The number of oxazole rings is 1. The number of hydrogen-bond donors (Lipinski definition) is 0. The average Bonchev–Trinajstić information content (AvgIpc) is 3.13. The summed E-state index contributed by atoms with van der Waals surface area (Å²) in [6.07, 6.45) is 1.56. The van der Waals surface area contributed by atoms with Crippen molar-refractivity contribution in [3.05, 3.63) is 74.5 Å². The molecule has 0 atom stereocenters. The van der Waals surface area contributed by atoms with Crippen LogP contribution in [0.1, 0.15) is 17.0 Å². The molecule has 4 aromatic heterocycles. The van der Waals surface area contributed by atoms with Gasteiger partial charge in [0.2, 0.25) is 5.43 Å². The minimum atomic E-state index is -0.591. The number of halogens is 2. The van der Waals surface area contributed by atoms with Crippen LogP contribution in [0.5, 0.6) is 0 Å². The van der Waals surface area contributed by atoms with Crippen LogP contribution < -0.4 is 5.43 Å². The van der Waals surface area contributed by atoms with Crippen LogP contribution in [0.25, 0.3) is 39.4 Å². The maximum Gasteiger partial charge on any atom is 0.252 e. The molecule has 0 aliphatic heterocycles. The van der Waals surface area contributed by atoms with E-state index < -0.39 is 11.2 Å². The van der Waals surface area contributed by atoms with Gasteiger partial charge in [0.15, 0.2) is 11.3 Å². The molecule has 0 bridgehead atoms. The quantitative estimate of drug-likeness (QED) is 0.399. The second-order valence-corrected chi connectivity index (χ2v) is 7.69. The van der Waals surface area contributed by atoms with Crippen LogP contribution in [0, 0.1) is 26.6 Å². The van der Waals surface area contributed by atoms with Crippen molar-refractivity contribution in [2.45, 2.75) is 20.8 Å². The lowest BCUT2D eigenvalue weighted by Crippen LogP contribution is -2.18. The van der Waals surface area contributed by atoms with E-state index in [0.717, 1.165) is 11.3 Å². The minimum absolute atomic E-state index is 0.0115. The van der Waals surface area contributed by atoms with E-state index in [9.17, 15) is 9.18 Å². The fourth-order valence-electron chi connectivity index (χ4n) is 3.34. The van der Waals surface area contributed by atoms with Gasteiger partial charge in [0.05, 0.1) is 11.7 Å². The van der Waals surface area contributed by atoms with Crippen LogP contribution >= 0.6 is 11.6 Å². The van der Waals surface area contributed by atoms with E-state index >= 15 is 0 Å². The second-order valence-electron chi connectivity index (χ2n) is 7.26. The maximum absolute atomic E-state index is 14.8. The Labute approximate surface area is 180 Å². The predicted molar refractivity (Wildman–Crippen MR) is 115 cm³/mol. The highest BCUT2D eigenvalue weighted by Gasteiger charge is 2.21. The molecule has 1 aromatic carbocycles. The van der Waals surface area contributed by atoms with E-state index in [4.69, 9.17) is 16.0 Å². The molecule has 31 heavy (non-hydrogen) atoms. The lowest BCUT2D eigenvalue weighted by Gasteiger charge is -2.13. The van der Waals surface area contributed by atoms with Crippen molar-refractivity contribution < 1.29 is 8.81 Å². The summed E-state index contributed by atoms with van der Waals surface area (Å²) in [7, 11) is 0. The maximum atomic E-state index is 14.8. The molecular weight excluding hydrogens is 421 g/mol. The van der Waals surface area contributed by atoms with E-state index in [1.165, 1.54) is 16.8 Å². The van der Waals surface area contributed by atoms with Crippen LogP contribution in [0.15, 0.2) is 45.7 Å². The molecule has 0 saturated heterocycles.